The molecule has 4 heterocycles. The van der Waals surface area contributed by atoms with E-state index in [2.05, 4.69) is 20.6 Å². The maximum Gasteiger partial charge on any atom is 0.306 e. The summed E-state index contributed by atoms with van der Waals surface area (Å²) in [6.45, 7) is 1.38. The minimum Gasteiger partial charge on any atom is -0.481 e. The Morgan fingerprint density at radius 1 is 0.565 bits per heavy atom. The number of nitrogens with zero attached hydrogens (tertiary/aromatic N) is 8. The second-order valence-corrected chi connectivity index (χ2v) is 21.1. The number of rotatable bonds is 12. The summed E-state index contributed by atoms with van der Waals surface area (Å²) in [5.41, 5.74) is 10.8. The van der Waals surface area contributed by atoms with Gasteiger partial charge in [0.15, 0.2) is 0 Å². The van der Waals surface area contributed by atoms with Crippen LogP contribution in [0.1, 0.15) is 69.2 Å². The summed E-state index contributed by atoms with van der Waals surface area (Å²) < 4.78 is 64.1. The number of methoxy groups -OCH3 is 1. The topological polar surface area (TPSA) is 200 Å². The number of esters is 1. The second-order valence-electron chi connectivity index (χ2n) is 17.3. The maximum absolute atomic E-state index is 13.2. The number of ether oxygens (including phenoxy) is 1. The van der Waals surface area contributed by atoms with Gasteiger partial charge in [-0.05, 0) is 106 Å². The van der Waals surface area contributed by atoms with E-state index in [0.29, 0.717) is 36.3 Å². The number of aromatic nitrogens is 6. The van der Waals surface area contributed by atoms with Gasteiger partial charge in [0.2, 0.25) is 20.0 Å². The molecule has 6 aromatic carbocycles. The van der Waals surface area contributed by atoms with Crippen LogP contribution in [0, 0.1) is 0 Å². The molecule has 2 aliphatic heterocycles. The van der Waals surface area contributed by atoms with Gasteiger partial charge in [-0.1, -0.05) is 95.4 Å². The number of hydrogen-bond donors (Lipinski definition) is 1. The van der Waals surface area contributed by atoms with Gasteiger partial charge >= 0.3 is 11.9 Å². The lowest BCUT2D eigenvalue weighted by molar-refractivity contribution is -0.141. The highest BCUT2D eigenvalue weighted by Crippen LogP contribution is 2.36. The van der Waals surface area contributed by atoms with E-state index in [0.717, 1.165) is 61.1 Å². The van der Waals surface area contributed by atoms with Crippen molar-refractivity contribution in [2.75, 3.05) is 20.2 Å². The SMILES string of the molecule is COC(=O)CC(c1ccc2c(c1)CN(S(=O)(=O)c1ccccc1)CC2)c1ccc2c(c1)nnn2C.Cn1nnc2cc(C(CC(=O)O)c3ccc4c(c3)CN(S(=O)(=O)c3ccccc3)CC4)ccc21. The summed E-state index contributed by atoms with van der Waals surface area (Å²) in [7, 11) is -2.18. The van der Waals surface area contributed by atoms with E-state index in [-0.39, 0.29) is 42.7 Å². The van der Waals surface area contributed by atoms with Crippen LogP contribution in [0.5, 0.6) is 0 Å². The minimum absolute atomic E-state index is 0.0867. The van der Waals surface area contributed by atoms with Crippen molar-refractivity contribution in [2.24, 2.45) is 14.1 Å². The van der Waals surface area contributed by atoms with E-state index in [1.54, 1.807) is 70.0 Å². The summed E-state index contributed by atoms with van der Waals surface area (Å²) in [6, 6.07) is 40.5. The lowest BCUT2D eigenvalue weighted by atomic mass is 9.85. The molecule has 2 aliphatic rings. The molecule has 0 bridgehead atoms. The van der Waals surface area contributed by atoms with E-state index in [1.807, 2.05) is 86.9 Å². The molecule has 2 aromatic heterocycles. The van der Waals surface area contributed by atoms with Gasteiger partial charge in [0.25, 0.3) is 0 Å². The monoisotopic (exact) mass is 966 g/mol. The summed E-state index contributed by atoms with van der Waals surface area (Å²) in [6.07, 6.45) is 1.31. The Bertz CT molecular complexity index is 3440. The van der Waals surface area contributed by atoms with Gasteiger partial charge in [-0.2, -0.15) is 8.61 Å². The average Bonchev–Trinajstić information content (AvgIpc) is 3.94. The molecule has 0 saturated heterocycles. The zero-order chi connectivity index (χ0) is 48.5. The van der Waals surface area contributed by atoms with Gasteiger partial charge in [-0.25, -0.2) is 26.2 Å². The van der Waals surface area contributed by atoms with Crippen LogP contribution in [-0.4, -0.2) is 92.7 Å². The van der Waals surface area contributed by atoms with E-state index < -0.39 is 31.9 Å². The summed E-state index contributed by atoms with van der Waals surface area (Å²) in [5.74, 6) is -1.88. The van der Waals surface area contributed by atoms with Crippen molar-refractivity contribution in [1.29, 1.82) is 0 Å². The first kappa shape index (κ1) is 47.0. The van der Waals surface area contributed by atoms with Gasteiger partial charge in [0, 0.05) is 52.1 Å². The van der Waals surface area contributed by atoms with Gasteiger partial charge in [0.1, 0.15) is 11.0 Å². The molecule has 2 unspecified atom stereocenters. The molecule has 0 saturated carbocycles. The first-order valence-electron chi connectivity index (χ1n) is 22.4. The average molecular weight is 967 g/mol. The lowest BCUT2D eigenvalue weighted by Gasteiger charge is -2.29. The molecule has 0 spiro atoms. The van der Waals surface area contributed by atoms with Gasteiger partial charge in [0.05, 0.1) is 40.8 Å². The number of fused-ring (bicyclic) bond motifs is 4. The molecule has 69 heavy (non-hydrogen) atoms. The van der Waals surface area contributed by atoms with Crippen LogP contribution in [0.2, 0.25) is 0 Å². The Hall–Kier alpha value is -7.12. The number of sulfonamides is 2. The lowest BCUT2D eigenvalue weighted by Crippen LogP contribution is -2.36. The van der Waals surface area contributed by atoms with Crippen LogP contribution < -0.4 is 0 Å². The number of carboxylic acid groups (broad SMARTS) is 1. The quantitative estimate of drug-likeness (QED) is 0.127. The Morgan fingerprint density at radius 2 is 0.971 bits per heavy atom. The summed E-state index contributed by atoms with van der Waals surface area (Å²) in [4.78, 5) is 24.6. The van der Waals surface area contributed by atoms with Crippen molar-refractivity contribution in [2.45, 2.75) is 60.4 Å². The highest BCUT2D eigenvalue weighted by molar-refractivity contribution is 7.89. The first-order valence-corrected chi connectivity index (χ1v) is 25.3. The largest absolute Gasteiger partial charge is 0.481 e. The van der Waals surface area contributed by atoms with E-state index >= 15 is 0 Å². The molecule has 8 aromatic rings. The summed E-state index contributed by atoms with van der Waals surface area (Å²) in [5, 5.41) is 26.1. The molecule has 18 heteroatoms. The molecule has 0 fully saturated rings. The molecule has 0 aliphatic carbocycles. The third kappa shape index (κ3) is 9.78. The van der Waals surface area contributed by atoms with E-state index in [9.17, 15) is 31.5 Å². The highest BCUT2D eigenvalue weighted by Gasteiger charge is 2.31. The van der Waals surface area contributed by atoms with Crippen molar-refractivity contribution in [3.8, 4) is 0 Å². The number of aliphatic carboxylic acids is 1. The smallest absolute Gasteiger partial charge is 0.306 e. The Balaban J connectivity index is 0.000000172. The van der Waals surface area contributed by atoms with Crippen LogP contribution in [0.25, 0.3) is 22.1 Å². The zero-order valence-electron chi connectivity index (χ0n) is 38.2. The van der Waals surface area contributed by atoms with Crippen molar-refractivity contribution in [3.05, 3.63) is 178 Å². The van der Waals surface area contributed by atoms with E-state index in [1.165, 1.54) is 15.7 Å². The number of hydrogen-bond acceptors (Lipinski definition) is 11. The van der Waals surface area contributed by atoms with Crippen molar-refractivity contribution >= 4 is 54.1 Å². The normalized spacial score (nSPS) is 15.1. The number of aryl methyl sites for hydroxylation is 2. The first-order chi connectivity index (χ1) is 33.2. The van der Waals surface area contributed by atoms with Gasteiger partial charge < -0.3 is 9.84 Å². The molecule has 10 rings (SSSR count). The van der Waals surface area contributed by atoms with Crippen LogP contribution >= 0.6 is 0 Å². The molecule has 0 amide bonds. The van der Waals surface area contributed by atoms with Gasteiger partial charge in [-0.3, -0.25) is 9.59 Å². The predicted molar refractivity (Wildman–Crippen MR) is 258 cm³/mol. The Morgan fingerprint density at radius 3 is 1.39 bits per heavy atom. The Kier molecular flexibility index (Phi) is 13.3. The molecular weight excluding hydrogens is 917 g/mol. The predicted octanol–water partition coefficient (Wildman–Crippen LogP) is 6.73. The van der Waals surface area contributed by atoms with Crippen LogP contribution in [-0.2, 0) is 74.4 Å². The fraction of sp³-hybridized carbons (Fsp3) is 0.255. The third-order valence-electron chi connectivity index (χ3n) is 13.0. The van der Waals surface area contributed by atoms with Gasteiger partial charge in [-0.15, -0.1) is 10.2 Å². The number of carbonyl (C=O) groups is 2. The van der Waals surface area contributed by atoms with Crippen LogP contribution in [0.4, 0.5) is 0 Å². The third-order valence-corrected chi connectivity index (χ3v) is 16.8. The highest BCUT2D eigenvalue weighted by atomic mass is 32.2. The van der Waals surface area contributed by atoms with Crippen molar-refractivity contribution in [3.63, 3.8) is 0 Å². The molecule has 2 atom stereocenters. The number of carbonyl (C=O) groups excluding carboxylic acids is 1. The number of carboxylic acids is 1. The Labute approximate surface area is 399 Å². The van der Waals surface area contributed by atoms with Crippen LogP contribution in [0.3, 0.4) is 0 Å². The molecule has 354 valence electrons. The van der Waals surface area contributed by atoms with Crippen LogP contribution in [0.15, 0.2) is 143 Å². The van der Waals surface area contributed by atoms with Crippen molar-refractivity contribution in [1.82, 2.24) is 38.6 Å². The standard InChI is InChI=1S/C26H26N4O4S.C25H24N4O4S/c1-29-25-11-10-20(15-24(25)27-28-29)23(16-26(31)34-2)19-9-8-18-12-13-30(17-21(18)14-19)35(32,33)22-6-4-3-5-7-22;1-28-24-10-9-19(14-23(24)26-27-28)22(15-25(30)31)18-8-7-17-11-12-29(16-20(17)13-18)34(32,33)21-5-3-2-4-6-21/h3-11,14-15,23H,12-13,16-17H2,1-2H3;2-10,13-14,22H,11-12,15-16H2,1H3,(H,30,31). The summed E-state index contributed by atoms with van der Waals surface area (Å²) >= 11 is 0. The molecular formula is C51H50N8O8S2. The fourth-order valence-electron chi connectivity index (χ4n) is 9.26. The van der Waals surface area contributed by atoms with Crippen molar-refractivity contribution < 1.29 is 36.3 Å². The zero-order valence-corrected chi connectivity index (χ0v) is 39.8. The molecule has 16 nitrogen and oxygen atoms in total. The van der Waals surface area contributed by atoms with E-state index in [4.69, 9.17) is 4.74 Å². The maximum atomic E-state index is 13.2. The second kappa shape index (κ2) is 19.5. The fourth-order valence-corrected chi connectivity index (χ4v) is 12.1. The molecule has 1 N–H and O–H groups in total. The minimum atomic E-state index is -3.61. The number of benzene rings is 6. The molecule has 0 radical (unpaired) electrons.